The Morgan fingerprint density at radius 3 is 2.70 bits per heavy atom. The fourth-order valence-electron chi connectivity index (χ4n) is 2.28. The Bertz CT molecular complexity index is 796. The number of para-hydroxylation sites is 1. The van der Waals surface area contributed by atoms with Crippen molar-refractivity contribution >= 4 is 50.2 Å². The van der Waals surface area contributed by atoms with Gasteiger partial charge in [-0.15, -0.1) is 11.6 Å². The lowest BCUT2D eigenvalue weighted by atomic mass is 10.2. The molecule has 2 aromatic carbocycles. The number of hydrogen-bond acceptors (Lipinski definition) is 1. The number of aromatic nitrogens is 2. The van der Waals surface area contributed by atoms with Crippen LogP contribution in [0.2, 0.25) is 5.02 Å². The van der Waals surface area contributed by atoms with E-state index in [4.69, 9.17) is 23.2 Å². The van der Waals surface area contributed by atoms with Gasteiger partial charge in [-0.1, -0.05) is 29.8 Å². The van der Waals surface area contributed by atoms with E-state index in [-0.39, 0.29) is 0 Å². The largest absolute Gasteiger partial charge is 0.294 e. The average molecular weight is 370 g/mol. The van der Waals surface area contributed by atoms with Gasteiger partial charge in [-0.2, -0.15) is 0 Å². The van der Waals surface area contributed by atoms with Gasteiger partial charge in [-0.05, 0) is 46.6 Å². The molecule has 0 bridgehead atoms. The van der Waals surface area contributed by atoms with Gasteiger partial charge >= 0.3 is 0 Å². The molecular formula is C15H11BrCl2N2. The Hall–Kier alpha value is -1.03. The standard InChI is InChI=1S/C15H11BrCl2N2/c1-9-4-2-6-11(14(9)16)20-12-7-3-5-10(18)15(12)19-13(20)8-17/h2-7H,8H2,1H3. The minimum Gasteiger partial charge on any atom is -0.294 e. The number of hydrogen-bond donors (Lipinski definition) is 0. The molecule has 1 aromatic heterocycles. The lowest BCUT2D eigenvalue weighted by molar-refractivity contribution is 0.974. The maximum atomic E-state index is 6.23. The van der Waals surface area contributed by atoms with Crippen LogP contribution in [0.1, 0.15) is 11.4 Å². The van der Waals surface area contributed by atoms with Crippen LogP contribution in [0.25, 0.3) is 16.7 Å². The third-order valence-corrected chi connectivity index (χ3v) is 4.81. The number of halogens is 3. The number of fused-ring (bicyclic) bond motifs is 1. The van der Waals surface area contributed by atoms with Crippen molar-refractivity contribution < 1.29 is 0 Å². The number of imidazole rings is 1. The van der Waals surface area contributed by atoms with Crippen molar-refractivity contribution in [2.75, 3.05) is 0 Å². The normalized spacial score (nSPS) is 11.2. The van der Waals surface area contributed by atoms with E-state index in [0.29, 0.717) is 10.9 Å². The van der Waals surface area contributed by atoms with E-state index < -0.39 is 0 Å². The lowest BCUT2D eigenvalue weighted by Crippen LogP contribution is -2.01. The summed E-state index contributed by atoms with van der Waals surface area (Å²) in [7, 11) is 0. The first-order valence-electron chi connectivity index (χ1n) is 6.10. The average Bonchev–Trinajstić information content (AvgIpc) is 2.82. The molecule has 0 atom stereocenters. The second-order valence-electron chi connectivity index (χ2n) is 4.51. The van der Waals surface area contributed by atoms with Crippen molar-refractivity contribution in [3.05, 3.63) is 57.3 Å². The highest BCUT2D eigenvalue weighted by Crippen LogP contribution is 2.32. The Balaban J connectivity index is 2.41. The van der Waals surface area contributed by atoms with Gasteiger partial charge in [0.15, 0.2) is 0 Å². The molecule has 0 amide bonds. The number of alkyl halides is 1. The van der Waals surface area contributed by atoms with Crippen LogP contribution in [0.3, 0.4) is 0 Å². The molecular weight excluding hydrogens is 359 g/mol. The third-order valence-electron chi connectivity index (χ3n) is 3.24. The highest BCUT2D eigenvalue weighted by Gasteiger charge is 2.16. The van der Waals surface area contributed by atoms with E-state index in [1.54, 1.807) is 0 Å². The van der Waals surface area contributed by atoms with Crippen molar-refractivity contribution in [3.8, 4) is 5.69 Å². The molecule has 5 heteroatoms. The van der Waals surface area contributed by atoms with Crippen molar-refractivity contribution in [2.24, 2.45) is 0 Å². The molecule has 0 saturated carbocycles. The number of nitrogens with zero attached hydrogens (tertiary/aromatic N) is 2. The molecule has 0 fully saturated rings. The molecule has 3 rings (SSSR count). The Morgan fingerprint density at radius 1 is 1.20 bits per heavy atom. The summed E-state index contributed by atoms with van der Waals surface area (Å²) in [5.41, 5.74) is 3.91. The first-order valence-corrected chi connectivity index (χ1v) is 7.81. The van der Waals surface area contributed by atoms with Gasteiger partial charge in [0.2, 0.25) is 0 Å². The third kappa shape index (κ3) is 2.14. The first kappa shape index (κ1) is 13.9. The monoisotopic (exact) mass is 368 g/mol. The second kappa shape index (κ2) is 5.40. The number of rotatable bonds is 2. The van der Waals surface area contributed by atoms with Crippen molar-refractivity contribution in [1.82, 2.24) is 9.55 Å². The van der Waals surface area contributed by atoms with Gasteiger partial charge in [-0.3, -0.25) is 4.57 Å². The van der Waals surface area contributed by atoms with E-state index >= 15 is 0 Å². The Kier molecular flexibility index (Phi) is 3.76. The summed E-state index contributed by atoms with van der Waals surface area (Å²) in [5, 5.41) is 0.636. The summed E-state index contributed by atoms with van der Waals surface area (Å²) >= 11 is 15.9. The summed E-state index contributed by atoms with van der Waals surface area (Å²) < 4.78 is 3.08. The minimum absolute atomic E-state index is 0.325. The zero-order valence-electron chi connectivity index (χ0n) is 10.7. The highest BCUT2D eigenvalue weighted by molar-refractivity contribution is 9.10. The maximum absolute atomic E-state index is 6.23. The molecule has 0 aliphatic heterocycles. The van der Waals surface area contributed by atoms with E-state index in [1.165, 1.54) is 0 Å². The molecule has 3 aromatic rings. The van der Waals surface area contributed by atoms with Gasteiger partial charge in [0, 0.05) is 4.47 Å². The van der Waals surface area contributed by atoms with Crippen LogP contribution < -0.4 is 0 Å². The zero-order chi connectivity index (χ0) is 14.3. The van der Waals surface area contributed by atoms with Crippen LogP contribution in [0.15, 0.2) is 40.9 Å². The predicted octanol–water partition coefficient (Wildman–Crippen LogP) is 5.49. The highest BCUT2D eigenvalue weighted by atomic mass is 79.9. The lowest BCUT2D eigenvalue weighted by Gasteiger charge is -2.11. The van der Waals surface area contributed by atoms with Crippen LogP contribution in [0, 0.1) is 6.92 Å². The van der Waals surface area contributed by atoms with Gasteiger partial charge in [-0.25, -0.2) is 4.98 Å². The molecule has 0 N–H and O–H groups in total. The van der Waals surface area contributed by atoms with Gasteiger partial charge < -0.3 is 0 Å². The van der Waals surface area contributed by atoms with E-state index in [2.05, 4.69) is 33.9 Å². The van der Waals surface area contributed by atoms with Crippen LogP contribution in [-0.4, -0.2) is 9.55 Å². The van der Waals surface area contributed by atoms with Crippen molar-refractivity contribution in [2.45, 2.75) is 12.8 Å². The maximum Gasteiger partial charge on any atom is 0.129 e. The van der Waals surface area contributed by atoms with Gasteiger partial charge in [0.1, 0.15) is 11.3 Å². The quantitative estimate of drug-likeness (QED) is 0.546. The fourth-order valence-corrected chi connectivity index (χ4v) is 3.11. The molecule has 0 unspecified atom stereocenters. The Morgan fingerprint density at radius 2 is 1.95 bits per heavy atom. The van der Waals surface area contributed by atoms with Crippen molar-refractivity contribution in [1.29, 1.82) is 0 Å². The smallest absolute Gasteiger partial charge is 0.129 e. The first-order chi connectivity index (χ1) is 9.63. The summed E-state index contributed by atoms with van der Waals surface area (Å²) in [4.78, 5) is 4.56. The summed E-state index contributed by atoms with van der Waals surface area (Å²) in [6.07, 6.45) is 0. The van der Waals surface area contributed by atoms with Crippen molar-refractivity contribution in [3.63, 3.8) is 0 Å². The molecule has 2 nitrogen and oxygen atoms in total. The molecule has 0 radical (unpaired) electrons. The SMILES string of the molecule is Cc1cccc(-n2c(CCl)nc3c(Cl)cccc32)c1Br. The number of aryl methyl sites for hydroxylation is 1. The number of benzene rings is 2. The molecule has 102 valence electrons. The van der Waals surface area contributed by atoms with E-state index in [9.17, 15) is 0 Å². The summed E-state index contributed by atoms with van der Waals surface area (Å²) in [6.45, 7) is 2.06. The fraction of sp³-hybridized carbons (Fsp3) is 0.133. The van der Waals surface area contributed by atoms with E-state index in [0.717, 1.165) is 32.6 Å². The Labute approximate surface area is 135 Å². The van der Waals surface area contributed by atoms with E-state index in [1.807, 2.05) is 34.9 Å². The topological polar surface area (TPSA) is 17.8 Å². The van der Waals surface area contributed by atoms with Crippen LogP contribution in [-0.2, 0) is 5.88 Å². The van der Waals surface area contributed by atoms with Gasteiger partial charge in [0.05, 0.1) is 22.1 Å². The zero-order valence-corrected chi connectivity index (χ0v) is 13.8. The van der Waals surface area contributed by atoms with Gasteiger partial charge in [0.25, 0.3) is 0 Å². The minimum atomic E-state index is 0.325. The van der Waals surface area contributed by atoms with Crippen LogP contribution in [0.4, 0.5) is 0 Å². The molecule has 0 spiro atoms. The molecule has 0 saturated heterocycles. The summed E-state index contributed by atoms with van der Waals surface area (Å²) in [5.74, 6) is 1.10. The summed E-state index contributed by atoms with van der Waals surface area (Å²) in [6, 6.07) is 11.9. The van der Waals surface area contributed by atoms with Crippen LogP contribution in [0.5, 0.6) is 0 Å². The molecule has 0 aliphatic carbocycles. The van der Waals surface area contributed by atoms with Crippen LogP contribution >= 0.6 is 39.1 Å². The molecule has 0 aliphatic rings. The second-order valence-corrected chi connectivity index (χ2v) is 5.98. The predicted molar refractivity (Wildman–Crippen MR) is 88.1 cm³/mol. The molecule has 20 heavy (non-hydrogen) atoms. The molecule has 1 heterocycles.